The lowest BCUT2D eigenvalue weighted by molar-refractivity contribution is 0.471. The summed E-state index contributed by atoms with van der Waals surface area (Å²) in [7, 11) is 0. The predicted octanol–water partition coefficient (Wildman–Crippen LogP) is 5.35. The number of nitrogens with one attached hydrogen (secondary N) is 1. The second-order valence-corrected chi connectivity index (χ2v) is 7.21. The Hall–Kier alpha value is -2.70. The van der Waals surface area contributed by atoms with Crippen LogP contribution in [0.25, 0.3) is 10.9 Å². The molecule has 7 heteroatoms. The van der Waals surface area contributed by atoms with Crippen LogP contribution in [0.1, 0.15) is 17.3 Å². The zero-order valence-corrected chi connectivity index (χ0v) is 16.3. The number of anilines is 1. The number of halogens is 2. The zero-order chi connectivity index (χ0) is 18.8. The lowest BCUT2D eigenvalue weighted by Crippen LogP contribution is -2.15. The number of hydrogen-bond donors (Lipinski definition) is 2. The summed E-state index contributed by atoms with van der Waals surface area (Å²) < 4.78 is 0.878. The molecule has 1 atom stereocenters. The molecule has 0 aliphatic rings. The van der Waals surface area contributed by atoms with Crippen LogP contribution in [-0.4, -0.2) is 20.1 Å². The normalized spacial score (nSPS) is 12.1. The molecule has 0 fully saturated rings. The van der Waals surface area contributed by atoms with Gasteiger partial charge in [-0.1, -0.05) is 17.7 Å². The number of aromatic nitrogens is 3. The molecular weight excluding hydrogens is 428 g/mol. The van der Waals surface area contributed by atoms with Crippen molar-refractivity contribution in [3.05, 3.63) is 87.9 Å². The Labute approximate surface area is 169 Å². The van der Waals surface area contributed by atoms with Crippen molar-refractivity contribution in [2.24, 2.45) is 0 Å². The summed E-state index contributed by atoms with van der Waals surface area (Å²) in [6.07, 6.45) is 5.03. The number of benzene rings is 1. The Balaban J connectivity index is 1.87. The van der Waals surface area contributed by atoms with E-state index in [0.29, 0.717) is 27.3 Å². The van der Waals surface area contributed by atoms with E-state index >= 15 is 0 Å². The summed E-state index contributed by atoms with van der Waals surface area (Å²) in [5.74, 6) is 0.709. The van der Waals surface area contributed by atoms with Gasteiger partial charge in [-0.05, 0) is 58.4 Å². The van der Waals surface area contributed by atoms with E-state index in [1.165, 1.54) is 0 Å². The third-order valence-electron chi connectivity index (χ3n) is 4.16. The van der Waals surface area contributed by atoms with Crippen molar-refractivity contribution in [1.82, 2.24) is 15.0 Å². The number of fused-ring (bicyclic) bond motifs is 1. The van der Waals surface area contributed by atoms with Gasteiger partial charge in [0.1, 0.15) is 17.1 Å². The molecule has 0 amide bonds. The minimum absolute atomic E-state index is 0.0651. The molecule has 0 bridgehead atoms. The van der Waals surface area contributed by atoms with Gasteiger partial charge in [0.15, 0.2) is 0 Å². The molecule has 0 radical (unpaired) electrons. The molecule has 0 aliphatic carbocycles. The number of phenols is 1. The topological polar surface area (TPSA) is 70.9 Å². The molecule has 27 heavy (non-hydrogen) atoms. The number of nitrogens with zero attached hydrogens (tertiary/aromatic N) is 3. The van der Waals surface area contributed by atoms with Crippen molar-refractivity contribution in [3.8, 4) is 5.75 Å². The molecule has 134 valence electrons. The van der Waals surface area contributed by atoms with E-state index in [9.17, 15) is 5.11 Å². The molecule has 0 saturated carbocycles. The van der Waals surface area contributed by atoms with Gasteiger partial charge in [-0.25, -0.2) is 4.98 Å². The van der Waals surface area contributed by atoms with Crippen molar-refractivity contribution in [1.29, 1.82) is 0 Å². The average molecular weight is 442 g/mol. The molecule has 0 aliphatic heterocycles. The third-order valence-corrected chi connectivity index (χ3v) is 4.94. The molecule has 0 spiro atoms. The van der Waals surface area contributed by atoms with Gasteiger partial charge in [0, 0.05) is 34.0 Å². The van der Waals surface area contributed by atoms with E-state index in [0.717, 1.165) is 10.2 Å². The van der Waals surface area contributed by atoms with Crippen LogP contribution in [0.2, 0.25) is 5.02 Å². The van der Waals surface area contributed by atoms with Crippen LogP contribution in [-0.2, 0) is 0 Å². The SMILES string of the molecule is Oc1c(C(Nc2ccc(Br)cn2)c2ccccn2)cc(Cl)c2cccnc12. The smallest absolute Gasteiger partial charge is 0.147 e. The van der Waals surface area contributed by atoms with Crippen molar-refractivity contribution < 1.29 is 5.11 Å². The first-order chi connectivity index (χ1) is 13.1. The molecule has 2 N–H and O–H groups in total. The Morgan fingerprint density at radius 1 is 1.00 bits per heavy atom. The molecule has 5 nitrogen and oxygen atoms in total. The molecule has 4 aromatic rings. The van der Waals surface area contributed by atoms with Crippen molar-refractivity contribution in [2.45, 2.75) is 6.04 Å². The maximum Gasteiger partial charge on any atom is 0.147 e. The van der Waals surface area contributed by atoms with Crippen molar-refractivity contribution in [2.75, 3.05) is 5.32 Å². The number of pyridine rings is 3. The van der Waals surface area contributed by atoms with Gasteiger partial charge >= 0.3 is 0 Å². The summed E-state index contributed by atoms with van der Waals surface area (Å²) in [4.78, 5) is 13.1. The highest BCUT2D eigenvalue weighted by molar-refractivity contribution is 9.10. The first kappa shape index (κ1) is 17.7. The van der Waals surface area contributed by atoms with Gasteiger partial charge in [0.2, 0.25) is 0 Å². The number of phenolic OH excluding ortho intramolecular Hbond substituents is 1. The Bertz CT molecular complexity index is 1090. The fraction of sp³-hybridized carbons (Fsp3) is 0.0500. The van der Waals surface area contributed by atoms with Crippen LogP contribution in [0.15, 0.2) is 71.6 Å². The average Bonchev–Trinajstić information content (AvgIpc) is 2.71. The minimum Gasteiger partial charge on any atom is -0.505 e. The van der Waals surface area contributed by atoms with E-state index in [-0.39, 0.29) is 5.75 Å². The first-order valence-corrected chi connectivity index (χ1v) is 9.35. The van der Waals surface area contributed by atoms with Crippen LogP contribution in [0.5, 0.6) is 5.75 Å². The lowest BCUT2D eigenvalue weighted by Gasteiger charge is -2.21. The molecule has 1 unspecified atom stereocenters. The minimum atomic E-state index is -0.455. The van der Waals surface area contributed by atoms with Gasteiger partial charge in [0.25, 0.3) is 0 Å². The van der Waals surface area contributed by atoms with Crippen LogP contribution in [0.3, 0.4) is 0 Å². The quantitative estimate of drug-likeness (QED) is 0.447. The maximum atomic E-state index is 10.9. The van der Waals surface area contributed by atoms with Gasteiger partial charge in [0.05, 0.1) is 16.8 Å². The van der Waals surface area contributed by atoms with Crippen LogP contribution >= 0.6 is 27.5 Å². The number of aromatic hydroxyl groups is 1. The van der Waals surface area contributed by atoms with E-state index in [2.05, 4.69) is 36.2 Å². The van der Waals surface area contributed by atoms with Crippen LogP contribution in [0, 0.1) is 0 Å². The Morgan fingerprint density at radius 2 is 1.85 bits per heavy atom. The van der Waals surface area contributed by atoms with E-state index in [1.54, 1.807) is 30.7 Å². The monoisotopic (exact) mass is 440 g/mol. The van der Waals surface area contributed by atoms with Crippen LogP contribution in [0.4, 0.5) is 5.82 Å². The highest BCUT2D eigenvalue weighted by atomic mass is 79.9. The number of hydrogen-bond acceptors (Lipinski definition) is 5. The van der Waals surface area contributed by atoms with Gasteiger partial charge < -0.3 is 10.4 Å². The predicted molar refractivity (Wildman–Crippen MR) is 110 cm³/mol. The van der Waals surface area contributed by atoms with E-state index < -0.39 is 6.04 Å². The van der Waals surface area contributed by atoms with Crippen molar-refractivity contribution in [3.63, 3.8) is 0 Å². The largest absolute Gasteiger partial charge is 0.505 e. The second-order valence-electron chi connectivity index (χ2n) is 5.89. The highest BCUT2D eigenvalue weighted by Crippen LogP contribution is 2.39. The number of rotatable bonds is 4. The lowest BCUT2D eigenvalue weighted by atomic mass is 9.99. The van der Waals surface area contributed by atoms with Gasteiger partial charge in [-0.2, -0.15) is 0 Å². The van der Waals surface area contributed by atoms with E-state index in [1.807, 2.05) is 36.4 Å². The fourth-order valence-corrected chi connectivity index (χ4v) is 3.40. The van der Waals surface area contributed by atoms with Crippen LogP contribution < -0.4 is 5.32 Å². The molecule has 3 aromatic heterocycles. The third kappa shape index (κ3) is 3.59. The summed E-state index contributed by atoms with van der Waals surface area (Å²) >= 11 is 9.85. The molecular formula is C20H14BrClN4O. The summed E-state index contributed by atoms with van der Waals surface area (Å²) in [5, 5.41) is 15.4. The summed E-state index contributed by atoms with van der Waals surface area (Å²) in [6, 6.07) is 14.2. The standard InChI is InChI=1S/C20H14BrClN4O/c21-12-6-7-17(25-11-12)26-18(16-5-1-2-8-23-16)14-10-15(22)13-4-3-9-24-19(13)20(14)27/h1-11,18,27H,(H,25,26). The highest BCUT2D eigenvalue weighted by Gasteiger charge is 2.23. The fourth-order valence-electron chi connectivity index (χ4n) is 2.89. The molecule has 3 heterocycles. The maximum absolute atomic E-state index is 10.9. The zero-order valence-electron chi connectivity index (χ0n) is 14.0. The van der Waals surface area contributed by atoms with E-state index in [4.69, 9.17) is 11.6 Å². The molecule has 1 aromatic carbocycles. The van der Waals surface area contributed by atoms with Crippen molar-refractivity contribution >= 4 is 44.3 Å². The van der Waals surface area contributed by atoms with Gasteiger partial charge in [-0.3, -0.25) is 9.97 Å². The van der Waals surface area contributed by atoms with Gasteiger partial charge in [-0.15, -0.1) is 0 Å². The summed E-state index contributed by atoms with van der Waals surface area (Å²) in [5.41, 5.74) is 1.75. The Kier molecular flexibility index (Phi) is 4.92. The Morgan fingerprint density at radius 3 is 2.59 bits per heavy atom. The second kappa shape index (κ2) is 7.50. The summed E-state index contributed by atoms with van der Waals surface area (Å²) in [6.45, 7) is 0. The molecule has 0 saturated heterocycles. The molecule has 4 rings (SSSR count). The first-order valence-electron chi connectivity index (χ1n) is 8.18.